The Balaban J connectivity index is 1.82. The first-order chi connectivity index (χ1) is 8.54. The smallest absolute Gasteiger partial charge is 0.107 e. The molecule has 2 N–H and O–H groups in total. The van der Waals surface area contributed by atoms with Crippen molar-refractivity contribution in [1.29, 1.82) is 0 Å². The van der Waals surface area contributed by atoms with Crippen molar-refractivity contribution in [2.75, 3.05) is 13.1 Å². The van der Waals surface area contributed by atoms with Crippen molar-refractivity contribution in [3.05, 3.63) is 15.6 Å². The lowest BCUT2D eigenvalue weighted by atomic mass is 10.0. The van der Waals surface area contributed by atoms with Gasteiger partial charge in [-0.25, -0.2) is 4.98 Å². The summed E-state index contributed by atoms with van der Waals surface area (Å²) in [5, 5.41) is 1.27. The zero-order valence-electron chi connectivity index (χ0n) is 11.4. The van der Waals surface area contributed by atoms with Crippen molar-refractivity contribution in [3.63, 3.8) is 0 Å². The number of nitrogens with zero attached hydrogens (tertiary/aromatic N) is 2. The first kappa shape index (κ1) is 12.6. The molecule has 18 heavy (non-hydrogen) atoms. The van der Waals surface area contributed by atoms with E-state index in [4.69, 9.17) is 10.7 Å². The largest absolute Gasteiger partial charge is 0.321 e. The number of thiazole rings is 1. The Hall–Kier alpha value is -0.450. The minimum absolute atomic E-state index is 0.237. The van der Waals surface area contributed by atoms with Gasteiger partial charge in [0.05, 0.1) is 12.2 Å². The molecule has 2 fully saturated rings. The van der Waals surface area contributed by atoms with Crippen LogP contribution in [0.1, 0.15) is 61.0 Å². The molecule has 0 bridgehead atoms. The van der Waals surface area contributed by atoms with Gasteiger partial charge in [-0.3, -0.25) is 4.90 Å². The minimum Gasteiger partial charge on any atom is -0.321 e. The second-order valence-corrected chi connectivity index (χ2v) is 7.38. The van der Waals surface area contributed by atoms with Crippen molar-refractivity contribution >= 4 is 11.3 Å². The Kier molecular flexibility index (Phi) is 3.20. The van der Waals surface area contributed by atoms with E-state index in [0.29, 0.717) is 5.92 Å². The van der Waals surface area contributed by atoms with E-state index >= 15 is 0 Å². The lowest BCUT2D eigenvalue weighted by molar-refractivity contribution is 0.330. The van der Waals surface area contributed by atoms with Gasteiger partial charge in [0.15, 0.2) is 0 Å². The lowest BCUT2D eigenvalue weighted by Gasteiger charge is -2.17. The molecule has 4 heteroatoms. The van der Waals surface area contributed by atoms with Crippen LogP contribution in [0.15, 0.2) is 0 Å². The average Bonchev–Trinajstić information content (AvgIpc) is 2.84. The Morgan fingerprint density at radius 1 is 1.33 bits per heavy atom. The fraction of sp³-hybridized carbons (Fsp3) is 0.786. The van der Waals surface area contributed by atoms with Gasteiger partial charge in [0.2, 0.25) is 0 Å². The van der Waals surface area contributed by atoms with E-state index in [1.165, 1.54) is 54.4 Å². The summed E-state index contributed by atoms with van der Waals surface area (Å²) in [6.07, 6.45) is 5.29. The number of hydrogen-bond donors (Lipinski definition) is 1. The number of nitrogens with two attached hydrogens (primary N) is 1. The number of rotatable bonds is 4. The highest BCUT2D eigenvalue weighted by Gasteiger charge is 2.34. The standard InChI is InChI=1S/C14H23N3S/c1-14(2,15)13-12(10-5-6-10)16-11(18-13)9-17-7-3-4-8-17/h10H,3-9,15H2,1-2H3. The first-order valence-electron chi connectivity index (χ1n) is 7.05. The van der Waals surface area contributed by atoms with Crippen LogP contribution < -0.4 is 5.73 Å². The molecule has 1 saturated heterocycles. The molecule has 2 heterocycles. The Morgan fingerprint density at radius 3 is 2.56 bits per heavy atom. The van der Waals surface area contributed by atoms with Gasteiger partial charge in [0, 0.05) is 16.3 Å². The van der Waals surface area contributed by atoms with Crippen LogP contribution in [0, 0.1) is 0 Å². The van der Waals surface area contributed by atoms with Crippen LogP contribution in [0.3, 0.4) is 0 Å². The molecule has 1 aliphatic carbocycles. The van der Waals surface area contributed by atoms with E-state index in [2.05, 4.69) is 18.7 Å². The predicted octanol–water partition coefficient (Wildman–Crippen LogP) is 2.81. The maximum atomic E-state index is 6.30. The van der Waals surface area contributed by atoms with Crippen LogP contribution >= 0.6 is 11.3 Å². The molecular weight excluding hydrogens is 242 g/mol. The highest BCUT2D eigenvalue weighted by Crippen LogP contribution is 2.45. The minimum atomic E-state index is -0.237. The zero-order chi connectivity index (χ0) is 12.8. The number of aromatic nitrogens is 1. The fourth-order valence-corrected chi connectivity index (χ4v) is 3.88. The van der Waals surface area contributed by atoms with Gasteiger partial charge < -0.3 is 5.73 Å². The summed E-state index contributed by atoms with van der Waals surface area (Å²) in [5.74, 6) is 0.700. The van der Waals surface area contributed by atoms with Crippen LogP contribution in [0.25, 0.3) is 0 Å². The van der Waals surface area contributed by atoms with Crippen molar-refractivity contribution in [1.82, 2.24) is 9.88 Å². The maximum Gasteiger partial charge on any atom is 0.107 e. The van der Waals surface area contributed by atoms with Gasteiger partial charge in [-0.05, 0) is 52.6 Å². The van der Waals surface area contributed by atoms with E-state index in [9.17, 15) is 0 Å². The third-order valence-corrected chi connectivity index (χ3v) is 5.20. The van der Waals surface area contributed by atoms with Crippen LogP contribution in [0.5, 0.6) is 0 Å². The van der Waals surface area contributed by atoms with Crippen LogP contribution in [0.2, 0.25) is 0 Å². The molecular formula is C14H23N3S. The molecule has 0 aromatic carbocycles. The molecule has 1 aromatic rings. The molecule has 1 saturated carbocycles. The fourth-order valence-electron chi connectivity index (χ4n) is 2.67. The highest BCUT2D eigenvalue weighted by molar-refractivity contribution is 7.11. The zero-order valence-corrected chi connectivity index (χ0v) is 12.2. The Labute approximate surface area is 113 Å². The van der Waals surface area contributed by atoms with E-state index in [0.717, 1.165) is 6.54 Å². The topological polar surface area (TPSA) is 42.1 Å². The summed E-state index contributed by atoms with van der Waals surface area (Å²) in [4.78, 5) is 8.73. The molecule has 1 aliphatic heterocycles. The summed E-state index contributed by atoms with van der Waals surface area (Å²) in [6.45, 7) is 7.71. The van der Waals surface area contributed by atoms with Gasteiger partial charge in [-0.1, -0.05) is 0 Å². The van der Waals surface area contributed by atoms with Crippen molar-refractivity contribution in [2.45, 2.75) is 57.5 Å². The first-order valence-corrected chi connectivity index (χ1v) is 7.87. The molecule has 2 aliphatic rings. The van der Waals surface area contributed by atoms with Gasteiger partial charge in [-0.2, -0.15) is 0 Å². The van der Waals surface area contributed by atoms with Crippen LogP contribution in [-0.2, 0) is 12.1 Å². The second-order valence-electron chi connectivity index (χ2n) is 6.30. The van der Waals surface area contributed by atoms with Gasteiger partial charge in [0.1, 0.15) is 5.01 Å². The molecule has 100 valence electrons. The van der Waals surface area contributed by atoms with Crippen molar-refractivity contribution < 1.29 is 0 Å². The number of hydrogen-bond acceptors (Lipinski definition) is 4. The quantitative estimate of drug-likeness (QED) is 0.910. The predicted molar refractivity (Wildman–Crippen MR) is 75.8 cm³/mol. The monoisotopic (exact) mass is 265 g/mol. The van der Waals surface area contributed by atoms with Gasteiger partial charge in [0.25, 0.3) is 0 Å². The molecule has 0 atom stereocenters. The van der Waals surface area contributed by atoms with Crippen LogP contribution in [-0.4, -0.2) is 23.0 Å². The number of likely N-dealkylation sites (tertiary alicyclic amines) is 1. The third-order valence-electron chi connectivity index (χ3n) is 3.80. The SMILES string of the molecule is CC(C)(N)c1sc(CN2CCCC2)nc1C1CC1. The molecule has 0 spiro atoms. The van der Waals surface area contributed by atoms with Gasteiger partial charge in [-0.15, -0.1) is 11.3 Å². The summed E-state index contributed by atoms with van der Waals surface area (Å²) in [5.41, 5.74) is 7.37. The molecule has 1 aromatic heterocycles. The molecule has 0 unspecified atom stereocenters. The Bertz CT molecular complexity index is 423. The molecule has 3 nitrogen and oxygen atoms in total. The lowest BCUT2D eigenvalue weighted by Crippen LogP contribution is -2.28. The molecule has 3 rings (SSSR count). The summed E-state index contributed by atoms with van der Waals surface area (Å²) in [6, 6.07) is 0. The van der Waals surface area contributed by atoms with E-state index in [1.807, 2.05) is 11.3 Å². The molecule has 0 amide bonds. The maximum absolute atomic E-state index is 6.30. The Morgan fingerprint density at radius 2 is 2.00 bits per heavy atom. The highest BCUT2D eigenvalue weighted by atomic mass is 32.1. The van der Waals surface area contributed by atoms with Crippen LogP contribution in [0.4, 0.5) is 0 Å². The van der Waals surface area contributed by atoms with E-state index in [-0.39, 0.29) is 5.54 Å². The van der Waals surface area contributed by atoms with E-state index < -0.39 is 0 Å². The van der Waals surface area contributed by atoms with Crippen molar-refractivity contribution in [2.24, 2.45) is 5.73 Å². The van der Waals surface area contributed by atoms with Crippen molar-refractivity contribution in [3.8, 4) is 0 Å². The normalized spacial score (nSPS) is 21.7. The average molecular weight is 265 g/mol. The molecule has 0 radical (unpaired) electrons. The summed E-state index contributed by atoms with van der Waals surface area (Å²) in [7, 11) is 0. The van der Waals surface area contributed by atoms with E-state index in [1.54, 1.807) is 0 Å². The summed E-state index contributed by atoms with van der Waals surface area (Å²) < 4.78 is 0. The summed E-state index contributed by atoms with van der Waals surface area (Å²) >= 11 is 1.84. The van der Waals surface area contributed by atoms with Gasteiger partial charge >= 0.3 is 0 Å². The second kappa shape index (κ2) is 4.58. The third kappa shape index (κ3) is 2.60.